The molecule has 0 aromatic carbocycles. The number of hydrogen-bond acceptors (Lipinski definition) is 0. The number of unbranched alkanes of at least 4 members (excludes halogenated alkanes) is 4. The minimum absolute atomic E-state index is 0. The third-order valence-electron chi connectivity index (χ3n) is 3.94. The van der Waals surface area contributed by atoms with Crippen LogP contribution in [0.2, 0.25) is 0 Å². The fourth-order valence-electron chi connectivity index (χ4n) is 2.64. The first-order valence-corrected chi connectivity index (χ1v) is 10.6. The van der Waals surface area contributed by atoms with Crippen LogP contribution in [-0.2, 0) is 0 Å². The molecule has 0 amide bonds. The zero-order valence-electron chi connectivity index (χ0n) is 13.3. The highest BCUT2D eigenvalue weighted by atomic mass is 31.2. The van der Waals surface area contributed by atoms with Gasteiger partial charge in [-0.25, -0.2) is 0 Å². The van der Waals surface area contributed by atoms with Crippen LogP contribution in [0.3, 0.4) is 0 Å². The molecular weight excluding hydrogens is 242 g/mol. The van der Waals surface area contributed by atoms with Gasteiger partial charge in [-0.2, -0.15) is 0 Å². The average Bonchev–Trinajstić information content (AvgIpc) is 2.37. The number of halogens is 1. The molecule has 0 atom stereocenters. The van der Waals surface area contributed by atoms with Crippen molar-refractivity contribution in [3.05, 3.63) is 0 Å². The lowest BCUT2D eigenvalue weighted by Gasteiger charge is -2.28. The Morgan fingerprint density at radius 3 is 0.889 bits per heavy atom. The lowest BCUT2D eigenvalue weighted by molar-refractivity contribution is 0.814. The van der Waals surface area contributed by atoms with Crippen molar-refractivity contribution in [1.82, 2.24) is 0 Å². The molecule has 112 valence electrons. The summed E-state index contributed by atoms with van der Waals surface area (Å²) in [5.41, 5.74) is 0. The third kappa shape index (κ3) is 9.31. The Kier molecular flexibility index (Phi) is 15.8. The summed E-state index contributed by atoms with van der Waals surface area (Å²) < 4.78 is 0. The Bertz CT molecular complexity index is 122. The van der Waals surface area contributed by atoms with E-state index in [-0.39, 0.29) is 4.70 Å². The standard InChI is InChI=1S/C16H36P.FH/c1-5-9-13-17(14-10-6-2,15-11-7-3)16-12-8-4;/h5-16H2,1-4H3;1H/q+1;. The van der Waals surface area contributed by atoms with Crippen LogP contribution in [0.4, 0.5) is 4.70 Å². The minimum atomic E-state index is -0.562. The average molecular weight is 279 g/mol. The maximum Gasteiger partial charge on any atom is 0.0594 e. The van der Waals surface area contributed by atoms with E-state index in [1.807, 2.05) is 0 Å². The van der Waals surface area contributed by atoms with Crippen LogP contribution in [-0.4, -0.2) is 24.6 Å². The largest absolute Gasteiger partial charge is 0.269 e. The summed E-state index contributed by atoms with van der Waals surface area (Å²) in [4.78, 5) is 0. The molecular formula is C16H37FP+. The molecule has 18 heavy (non-hydrogen) atoms. The van der Waals surface area contributed by atoms with Gasteiger partial charge in [0.15, 0.2) is 0 Å². The Morgan fingerprint density at radius 2 is 0.722 bits per heavy atom. The van der Waals surface area contributed by atoms with Crippen LogP contribution in [0.1, 0.15) is 79.1 Å². The van der Waals surface area contributed by atoms with Gasteiger partial charge in [-0.1, -0.05) is 53.4 Å². The monoisotopic (exact) mass is 279 g/mol. The second-order valence-corrected chi connectivity index (χ2v) is 10.1. The van der Waals surface area contributed by atoms with Crippen molar-refractivity contribution in [1.29, 1.82) is 0 Å². The van der Waals surface area contributed by atoms with Gasteiger partial charge in [-0.15, -0.1) is 0 Å². The van der Waals surface area contributed by atoms with Gasteiger partial charge in [0.25, 0.3) is 0 Å². The molecule has 0 radical (unpaired) electrons. The Labute approximate surface area is 116 Å². The van der Waals surface area contributed by atoms with E-state index in [4.69, 9.17) is 0 Å². The van der Waals surface area contributed by atoms with E-state index in [0.717, 1.165) is 0 Å². The van der Waals surface area contributed by atoms with Crippen LogP contribution in [0.15, 0.2) is 0 Å². The summed E-state index contributed by atoms with van der Waals surface area (Å²) in [5.74, 6) is 0. The van der Waals surface area contributed by atoms with Gasteiger partial charge in [0, 0.05) is 7.26 Å². The zero-order valence-corrected chi connectivity index (χ0v) is 14.2. The van der Waals surface area contributed by atoms with Crippen molar-refractivity contribution in [2.45, 2.75) is 79.1 Å². The van der Waals surface area contributed by atoms with E-state index < -0.39 is 7.26 Å². The fraction of sp³-hybridized carbons (Fsp3) is 1.00. The van der Waals surface area contributed by atoms with Gasteiger partial charge < -0.3 is 0 Å². The molecule has 0 spiro atoms. The molecule has 0 heterocycles. The van der Waals surface area contributed by atoms with E-state index in [1.165, 1.54) is 51.4 Å². The first kappa shape index (κ1) is 20.7. The first-order valence-electron chi connectivity index (χ1n) is 8.09. The summed E-state index contributed by atoms with van der Waals surface area (Å²) in [5, 5.41) is 0. The highest BCUT2D eigenvalue weighted by Gasteiger charge is 2.34. The second-order valence-electron chi connectivity index (χ2n) is 5.65. The van der Waals surface area contributed by atoms with Crippen LogP contribution < -0.4 is 0 Å². The minimum Gasteiger partial charge on any atom is -0.269 e. The molecule has 0 aromatic heterocycles. The molecule has 0 bridgehead atoms. The van der Waals surface area contributed by atoms with Crippen molar-refractivity contribution < 1.29 is 4.70 Å². The highest BCUT2D eigenvalue weighted by molar-refractivity contribution is 7.75. The van der Waals surface area contributed by atoms with E-state index in [2.05, 4.69) is 27.7 Å². The van der Waals surface area contributed by atoms with Crippen molar-refractivity contribution in [2.75, 3.05) is 24.6 Å². The van der Waals surface area contributed by atoms with Crippen molar-refractivity contribution in [2.24, 2.45) is 0 Å². The lowest BCUT2D eigenvalue weighted by Crippen LogP contribution is -2.12. The van der Waals surface area contributed by atoms with E-state index in [9.17, 15) is 0 Å². The molecule has 0 saturated carbocycles. The third-order valence-corrected chi connectivity index (χ3v) is 9.00. The molecule has 0 nitrogen and oxygen atoms in total. The van der Waals surface area contributed by atoms with Gasteiger partial charge in [-0.05, 0) is 25.7 Å². The smallest absolute Gasteiger partial charge is 0.0594 e. The van der Waals surface area contributed by atoms with Gasteiger partial charge in [0.05, 0.1) is 24.6 Å². The summed E-state index contributed by atoms with van der Waals surface area (Å²) in [7, 11) is -0.562. The van der Waals surface area contributed by atoms with Gasteiger partial charge in [-0.3, -0.25) is 4.70 Å². The SMILES string of the molecule is CCCC[P+](CCCC)(CCCC)CCCC.F. The Morgan fingerprint density at radius 1 is 0.500 bits per heavy atom. The quantitative estimate of drug-likeness (QED) is 0.365. The molecule has 0 aliphatic carbocycles. The normalized spacial score (nSPS) is 11.3. The number of rotatable bonds is 12. The van der Waals surface area contributed by atoms with E-state index in [0.29, 0.717) is 0 Å². The summed E-state index contributed by atoms with van der Waals surface area (Å²) in [6.45, 7) is 9.42. The van der Waals surface area contributed by atoms with Gasteiger partial charge in [0.2, 0.25) is 0 Å². The fourth-order valence-corrected chi connectivity index (χ4v) is 7.93. The molecule has 0 rings (SSSR count). The molecule has 0 unspecified atom stereocenters. The van der Waals surface area contributed by atoms with Crippen molar-refractivity contribution >= 4 is 7.26 Å². The molecule has 0 aromatic rings. The van der Waals surface area contributed by atoms with E-state index in [1.54, 1.807) is 24.6 Å². The van der Waals surface area contributed by atoms with Crippen LogP contribution in [0.5, 0.6) is 0 Å². The van der Waals surface area contributed by atoms with Gasteiger partial charge in [0.1, 0.15) is 0 Å². The highest BCUT2D eigenvalue weighted by Crippen LogP contribution is 2.61. The molecule has 0 aliphatic rings. The summed E-state index contributed by atoms with van der Waals surface area (Å²) in [6.07, 6.45) is 17.9. The second kappa shape index (κ2) is 13.8. The van der Waals surface area contributed by atoms with Crippen LogP contribution >= 0.6 is 7.26 Å². The summed E-state index contributed by atoms with van der Waals surface area (Å²) in [6, 6.07) is 0. The molecule has 0 saturated heterocycles. The summed E-state index contributed by atoms with van der Waals surface area (Å²) >= 11 is 0. The Hall–Kier alpha value is 0.360. The molecule has 0 aliphatic heterocycles. The van der Waals surface area contributed by atoms with Crippen molar-refractivity contribution in [3.63, 3.8) is 0 Å². The van der Waals surface area contributed by atoms with Crippen LogP contribution in [0, 0.1) is 0 Å². The topological polar surface area (TPSA) is 0 Å². The molecule has 0 fully saturated rings. The van der Waals surface area contributed by atoms with Crippen LogP contribution in [0.25, 0.3) is 0 Å². The predicted octanol–water partition coefficient (Wildman–Crippen LogP) is 6.36. The molecule has 2 heteroatoms. The maximum absolute atomic E-state index is 2.36. The first-order chi connectivity index (χ1) is 8.24. The van der Waals surface area contributed by atoms with Gasteiger partial charge >= 0.3 is 0 Å². The molecule has 0 N–H and O–H groups in total. The van der Waals surface area contributed by atoms with E-state index >= 15 is 0 Å². The Balaban J connectivity index is 0. The number of hydrogen-bond donors (Lipinski definition) is 0. The predicted molar refractivity (Wildman–Crippen MR) is 88.5 cm³/mol. The lowest BCUT2D eigenvalue weighted by atomic mass is 10.4. The van der Waals surface area contributed by atoms with Crippen molar-refractivity contribution in [3.8, 4) is 0 Å². The zero-order chi connectivity index (χ0) is 13.0. The maximum atomic E-state index is 2.36.